The topological polar surface area (TPSA) is 85.9 Å². The predicted molar refractivity (Wildman–Crippen MR) is 82.4 cm³/mol. The lowest BCUT2D eigenvalue weighted by molar-refractivity contribution is -0.384. The second-order valence-electron chi connectivity index (χ2n) is 4.49. The van der Waals surface area contributed by atoms with Crippen LogP contribution in [0.3, 0.4) is 0 Å². The molecule has 0 aliphatic carbocycles. The number of thioether (sulfide) groups is 1. The summed E-state index contributed by atoms with van der Waals surface area (Å²) in [6.07, 6.45) is 2.42. The van der Waals surface area contributed by atoms with E-state index < -0.39 is 0 Å². The van der Waals surface area contributed by atoms with Gasteiger partial charge in [-0.25, -0.2) is 9.67 Å². The fourth-order valence-corrected chi connectivity index (χ4v) is 2.63. The number of aryl methyl sites for hydroxylation is 1. The van der Waals surface area contributed by atoms with E-state index in [1.165, 1.54) is 6.33 Å². The molecule has 0 saturated heterocycles. The Balaban J connectivity index is 2.13. The van der Waals surface area contributed by atoms with E-state index in [1.807, 2.05) is 20.0 Å². The molecular weight excluding hydrogens is 290 g/mol. The summed E-state index contributed by atoms with van der Waals surface area (Å²) in [7, 11) is 1.83. The lowest BCUT2D eigenvalue weighted by atomic mass is 10.2. The first-order valence-corrected chi connectivity index (χ1v) is 7.58. The molecule has 2 rings (SSSR count). The van der Waals surface area contributed by atoms with Crippen molar-refractivity contribution < 1.29 is 4.92 Å². The smallest absolute Gasteiger partial charge is 0.292 e. The van der Waals surface area contributed by atoms with Gasteiger partial charge in [0.05, 0.1) is 4.92 Å². The Bertz CT molecular complexity index is 629. The highest BCUT2D eigenvalue weighted by molar-refractivity contribution is 7.98. The number of rotatable bonds is 7. The number of nitrogens with one attached hydrogen (secondary N) is 1. The summed E-state index contributed by atoms with van der Waals surface area (Å²) in [5.74, 6) is 0.686. The molecule has 1 heterocycles. The average Bonchev–Trinajstić information content (AvgIpc) is 2.88. The molecule has 0 unspecified atom stereocenters. The Labute approximate surface area is 126 Å². The fourth-order valence-electron chi connectivity index (χ4n) is 1.80. The lowest BCUT2D eigenvalue weighted by Crippen LogP contribution is -2.03. The van der Waals surface area contributed by atoms with Crippen molar-refractivity contribution in [2.45, 2.75) is 24.3 Å². The van der Waals surface area contributed by atoms with Gasteiger partial charge in [-0.2, -0.15) is 5.10 Å². The minimum Gasteiger partial charge on any atom is -0.379 e. The van der Waals surface area contributed by atoms with Gasteiger partial charge in [-0.3, -0.25) is 10.1 Å². The minimum atomic E-state index is -0.364. The fraction of sp³-hybridized carbons (Fsp3) is 0.385. The Morgan fingerprint density at radius 3 is 2.90 bits per heavy atom. The van der Waals surface area contributed by atoms with Crippen LogP contribution in [-0.2, 0) is 12.8 Å². The van der Waals surface area contributed by atoms with Gasteiger partial charge in [0.25, 0.3) is 5.69 Å². The third kappa shape index (κ3) is 3.94. The second kappa shape index (κ2) is 7.07. The third-order valence-corrected chi connectivity index (χ3v) is 3.97. The second-order valence-corrected chi connectivity index (χ2v) is 5.43. The first kappa shape index (κ1) is 15.3. The van der Waals surface area contributed by atoms with Gasteiger partial charge in [0, 0.05) is 25.4 Å². The van der Waals surface area contributed by atoms with Crippen molar-refractivity contribution in [2.24, 2.45) is 7.05 Å². The van der Waals surface area contributed by atoms with Crippen molar-refractivity contribution in [1.29, 1.82) is 0 Å². The number of nitrogens with zero attached hydrogens (tertiary/aromatic N) is 4. The molecule has 112 valence electrons. The highest BCUT2D eigenvalue weighted by Gasteiger charge is 2.14. The summed E-state index contributed by atoms with van der Waals surface area (Å²) in [5, 5.41) is 19.0. The molecule has 8 heteroatoms. The number of hydrogen-bond acceptors (Lipinski definition) is 6. The molecule has 1 N–H and O–H groups in total. The summed E-state index contributed by atoms with van der Waals surface area (Å²) in [6.45, 7) is 2.73. The molecular formula is C13H17N5O2S. The number of aromatic nitrogens is 3. The summed E-state index contributed by atoms with van der Waals surface area (Å²) in [6, 6.07) is 5.15. The highest BCUT2D eigenvalue weighted by atomic mass is 32.2. The largest absolute Gasteiger partial charge is 0.379 e. The van der Waals surface area contributed by atoms with Crippen molar-refractivity contribution in [3.05, 3.63) is 40.2 Å². The van der Waals surface area contributed by atoms with Gasteiger partial charge in [-0.15, -0.1) is 0 Å². The monoisotopic (exact) mass is 307 g/mol. The molecule has 2 aromatic rings. The number of nitro groups is 1. The van der Waals surface area contributed by atoms with Crippen molar-refractivity contribution in [3.63, 3.8) is 0 Å². The summed E-state index contributed by atoms with van der Waals surface area (Å²) < 4.78 is 1.70. The average molecular weight is 307 g/mol. The zero-order valence-corrected chi connectivity index (χ0v) is 12.8. The van der Waals surface area contributed by atoms with E-state index in [0.717, 1.165) is 17.1 Å². The van der Waals surface area contributed by atoms with Crippen LogP contribution in [0.25, 0.3) is 0 Å². The van der Waals surface area contributed by atoms with E-state index in [2.05, 4.69) is 15.4 Å². The van der Waals surface area contributed by atoms with Gasteiger partial charge >= 0.3 is 0 Å². The highest BCUT2D eigenvalue weighted by Crippen LogP contribution is 2.28. The summed E-state index contributed by atoms with van der Waals surface area (Å²) in [4.78, 5) is 14.8. The van der Waals surface area contributed by atoms with E-state index in [1.54, 1.807) is 28.6 Å². The summed E-state index contributed by atoms with van der Waals surface area (Å²) >= 11 is 1.55. The maximum absolute atomic E-state index is 11.0. The Morgan fingerprint density at radius 2 is 2.29 bits per heavy atom. The van der Waals surface area contributed by atoms with E-state index in [0.29, 0.717) is 18.0 Å². The zero-order chi connectivity index (χ0) is 15.2. The standard InChI is InChI=1S/C13H17N5O2S/c1-3-6-14-11-7-10(4-5-12(11)18(19)20)8-21-13-15-9-16-17(13)2/h4-5,7,9,14H,3,6,8H2,1-2H3. The van der Waals surface area contributed by atoms with E-state index >= 15 is 0 Å². The molecule has 0 atom stereocenters. The number of anilines is 1. The van der Waals surface area contributed by atoms with Gasteiger partial charge in [0.1, 0.15) is 12.0 Å². The maximum atomic E-state index is 11.0. The molecule has 7 nitrogen and oxygen atoms in total. The lowest BCUT2D eigenvalue weighted by Gasteiger charge is -2.08. The molecule has 0 radical (unpaired) electrons. The molecule has 1 aromatic carbocycles. The molecule has 0 fully saturated rings. The maximum Gasteiger partial charge on any atom is 0.292 e. The zero-order valence-electron chi connectivity index (χ0n) is 11.9. The van der Waals surface area contributed by atoms with E-state index in [9.17, 15) is 10.1 Å². The van der Waals surface area contributed by atoms with Crippen LogP contribution in [0.15, 0.2) is 29.7 Å². The molecule has 0 amide bonds. The Hall–Kier alpha value is -2.09. The van der Waals surface area contributed by atoms with Crippen LogP contribution < -0.4 is 5.32 Å². The van der Waals surface area contributed by atoms with Crippen molar-refractivity contribution in [3.8, 4) is 0 Å². The van der Waals surface area contributed by atoms with Crippen molar-refractivity contribution in [2.75, 3.05) is 11.9 Å². The number of hydrogen-bond donors (Lipinski definition) is 1. The van der Waals surface area contributed by atoms with Gasteiger partial charge in [0.15, 0.2) is 5.16 Å². The molecule has 0 spiro atoms. The quantitative estimate of drug-likeness (QED) is 0.481. The molecule has 0 aliphatic heterocycles. The molecule has 0 aliphatic rings. The normalized spacial score (nSPS) is 10.6. The molecule has 21 heavy (non-hydrogen) atoms. The van der Waals surface area contributed by atoms with Gasteiger partial charge in [-0.05, 0) is 18.1 Å². The Kier molecular flexibility index (Phi) is 5.15. The number of benzene rings is 1. The number of nitro benzene ring substituents is 1. The van der Waals surface area contributed by atoms with Crippen molar-refractivity contribution in [1.82, 2.24) is 14.8 Å². The third-order valence-electron chi connectivity index (χ3n) is 2.86. The molecule has 0 bridgehead atoms. The SMILES string of the molecule is CCCNc1cc(CSc2ncnn2C)ccc1[N+](=O)[O-]. The van der Waals surface area contributed by atoms with E-state index in [4.69, 9.17) is 0 Å². The van der Waals surface area contributed by atoms with Crippen LogP contribution in [0.1, 0.15) is 18.9 Å². The molecule has 1 aromatic heterocycles. The predicted octanol–water partition coefficient (Wildman–Crippen LogP) is 2.84. The first-order valence-electron chi connectivity index (χ1n) is 6.59. The van der Waals surface area contributed by atoms with Crippen LogP contribution in [0.2, 0.25) is 0 Å². The first-order chi connectivity index (χ1) is 10.1. The van der Waals surface area contributed by atoms with Gasteiger partial charge in [-0.1, -0.05) is 24.8 Å². The van der Waals surface area contributed by atoms with Gasteiger partial charge < -0.3 is 5.32 Å². The van der Waals surface area contributed by atoms with Crippen LogP contribution in [-0.4, -0.2) is 26.2 Å². The van der Waals surface area contributed by atoms with Crippen LogP contribution in [0, 0.1) is 10.1 Å². The van der Waals surface area contributed by atoms with Gasteiger partial charge in [0.2, 0.25) is 0 Å². The molecule has 0 saturated carbocycles. The van der Waals surface area contributed by atoms with Crippen LogP contribution in [0.4, 0.5) is 11.4 Å². The Morgan fingerprint density at radius 1 is 1.48 bits per heavy atom. The van der Waals surface area contributed by atoms with Crippen molar-refractivity contribution >= 4 is 23.1 Å². The van der Waals surface area contributed by atoms with E-state index in [-0.39, 0.29) is 10.6 Å². The van der Waals surface area contributed by atoms with Crippen LogP contribution in [0.5, 0.6) is 0 Å². The van der Waals surface area contributed by atoms with Crippen LogP contribution >= 0.6 is 11.8 Å². The minimum absolute atomic E-state index is 0.107. The summed E-state index contributed by atoms with van der Waals surface area (Å²) in [5.41, 5.74) is 1.68.